The van der Waals surface area contributed by atoms with Gasteiger partial charge in [0, 0.05) is 24.8 Å². The van der Waals surface area contributed by atoms with Crippen molar-refractivity contribution >= 4 is 6.09 Å². The molecule has 3 aliphatic rings. The minimum Gasteiger partial charge on any atom is -0.453 e. The number of likely N-dealkylation sites (tertiary alicyclic amines) is 1. The second-order valence-electron chi connectivity index (χ2n) is 10.7. The van der Waals surface area contributed by atoms with Crippen molar-refractivity contribution in [3.05, 3.63) is 53.3 Å². The highest BCUT2D eigenvalue weighted by molar-refractivity contribution is 5.68. The Labute approximate surface area is 228 Å². The second kappa shape index (κ2) is 14.1. The third-order valence-electron chi connectivity index (χ3n) is 8.44. The fourth-order valence-corrected chi connectivity index (χ4v) is 6.51. The Bertz CT molecular complexity index is 980. The van der Waals surface area contributed by atoms with Crippen LogP contribution in [0.3, 0.4) is 0 Å². The standard InChI is InChI=1S/C29H41N3O4.C2H6/c1-21-19-30-32(27-12-6-7-18-35-27)28(21)25-11-8-17-31(29(33)34-2)26(25)20-36-24-15-13-23(14-16-24)22-9-4-3-5-10-22;1-2/h3-5,9-10,19,23-27H,6-8,11-18,20H2,1-2H3;1-2H3. The molecule has 3 heterocycles. The molecule has 3 atom stereocenters. The third-order valence-corrected chi connectivity index (χ3v) is 8.44. The number of piperidine rings is 1. The molecule has 0 bridgehead atoms. The number of nitrogens with zero attached hydrogens (tertiary/aromatic N) is 3. The highest BCUT2D eigenvalue weighted by Crippen LogP contribution is 2.39. The third kappa shape index (κ3) is 6.60. The van der Waals surface area contributed by atoms with Crippen molar-refractivity contribution in [2.24, 2.45) is 0 Å². The van der Waals surface area contributed by atoms with E-state index in [-0.39, 0.29) is 30.4 Å². The van der Waals surface area contributed by atoms with Crippen LogP contribution in [-0.4, -0.2) is 59.8 Å². The average Bonchev–Trinajstić information content (AvgIpc) is 3.38. The second-order valence-corrected chi connectivity index (χ2v) is 10.7. The fourth-order valence-electron chi connectivity index (χ4n) is 6.51. The Balaban J connectivity index is 0.00000164. The lowest BCUT2D eigenvalue weighted by Crippen LogP contribution is -2.51. The number of hydrogen-bond acceptors (Lipinski definition) is 5. The van der Waals surface area contributed by atoms with Crippen molar-refractivity contribution in [1.29, 1.82) is 0 Å². The number of aryl methyl sites for hydroxylation is 1. The van der Waals surface area contributed by atoms with Gasteiger partial charge in [0.1, 0.15) is 6.23 Å². The summed E-state index contributed by atoms with van der Waals surface area (Å²) in [6.45, 7) is 8.13. The lowest BCUT2D eigenvalue weighted by Gasteiger charge is -2.42. The van der Waals surface area contributed by atoms with E-state index >= 15 is 0 Å². The minimum absolute atomic E-state index is 0.0224. The molecular formula is C31H47N3O4. The molecule has 3 fully saturated rings. The average molecular weight is 526 g/mol. The first-order valence-corrected chi connectivity index (χ1v) is 14.8. The Morgan fingerprint density at radius 1 is 1.03 bits per heavy atom. The van der Waals surface area contributed by atoms with Crippen LogP contribution in [0.5, 0.6) is 0 Å². The number of rotatable bonds is 6. The van der Waals surface area contributed by atoms with Gasteiger partial charge in [-0.15, -0.1) is 0 Å². The number of benzene rings is 1. The van der Waals surface area contributed by atoms with Gasteiger partial charge in [0.15, 0.2) is 0 Å². The highest BCUT2D eigenvalue weighted by atomic mass is 16.5. The van der Waals surface area contributed by atoms with Crippen LogP contribution in [0.15, 0.2) is 36.5 Å². The van der Waals surface area contributed by atoms with Crippen molar-refractivity contribution in [2.75, 3.05) is 26.9 Å². The van der Waals surface area contributed by atoms with Gasteiger partial charge >= 0.3 is 6.09 Å². The molecule has 2 saturated heterocycles. The lowest BCUT2D eigenvalue weighted by molar-refractivity contribution is -0.0468. The maximum atomic E-state index is 12.8. The minimum atomic E-state index is -0.265. The summed E-state index contributed by atoms with van der Waals surface area (Å²) < 4.78 is 20.0. The first-order valence-electron chi connectivity index (χ1n) is 14.8. The summed E-state index contributed by atoms with van der Waals surface area (Å²) in [7, 11) is 1.47. The lowest BCUT2D eigenvalue weighted by atomic mass is 9.82. The summed E-state index contributed by atoms with van der Waals surface area (Å²) in [5.74, 6) is 0.763. The Morgan fingerprint density at radius 2 is 1.79 bits per heavy atom. The zero-order chi connectivity index (χ0) is 26.9. The molecule has 1 aliphatic carbocycles. The van der Waals surface area contributed by atoms with Crippen LogP contribution in [0.25, 0.3) is 0 Å². The first kappa shape index (κ1) is 28.6. The fraction of sp³-hybridized carbons (Fsp3) is 0.677. The zero-order valence-corrected chi connectivity index (χ0v) is 23.8. The van der Waals surface area contributed by atoms with Gasteiger partial charge in [0.05, 0.1) is 32.1 Å². The van der Waals surface area contributed by atoms with Crippen LogP contribution in [-0.2, 0) is 14.2 Å². The van der Waals surface area contributed by atoms with E-state index in [2.05, 4.69) is 41.9 Å². The predicted molar refractivity (Wildman–Crippen MR) is 149 cm³/mol. The summed E-state index contributed by atoms with van der Waals surface area (Å²) in [6, 6.07) is 10.8. The smallest absolute Gasteiger partial charge is 0.409 e. The number of aromatic nitrogens is 2. The van der Waals surface area contributed by atoms with E-state index in [1.807, 2.05) is 24.9 Å². The molecule has 2 aliphatic heterocycles. The molecule has 1 aromatic heterocycles. The molecule has 0 radical (unpaired) electrons. The maximum absolute atomic E-state index is 12.8. The van der Waals surface area contributed by atoms with Crippen LogP contribution in [0.1, 0.15) is 107 Å². The molecule has 3 unspecified atom stereocenters. The summed E-state index contributed by atoms with van der Waals surface area (Å²) in [5, 5.41) is 4.74. The van der Waals surface area contributed by atoms with Crippen LogP contribution in [0.2, 0.25) is 0 Å². The van der Waals surface area contributed by atoms with Gasteiger partial charge in [-0.25, -0.2) is 9.48 Å². The van der Waals surface area contributed by atoms with Gasteiger partial charge in [-0.2, -0.15) is 5.10 Å². The quantitative estimate of drug-likeness (QED) is 0.407. The van der Waals surface area contributed by atoms with Gasteiger partial charge in [-0.05, 0) is 81.8 Å². The van der Waals surface area contributed by atoms with Crippen molar-refractivity contribution in [3.63, 3.8) is 0 Å². The van der Waals surface area contributed by atoms with E-state index in [1.165, 1.54) is 18.4 Å². The number of carbonyl (C=O) groups excluding carboxylic acids is 1. The van der Waals surface area contributed by atoms with E-state index in [0.717, 1.165) is 70.0 Å². The van der Waals surface area contributed by atoms with Crippen molar-refractivity contribution < 1.29 is 19.0 Å². The van der Waals surface area contributed by atoms with Gasteiger partial charge < -0.3 is 19.1 Å². The van der Waals surface area contributed by atoms with Gasteiger partial charge in [0.2, 0.25) is 0 Å². The molecule has 7 nitrogen and oxygen atoms in total. The van der Waals surface area contributed by atoms with E-state index < -0.39 is 0 Å². The molecule has 0 spiro atoms. The zero-order valence-electron chi connectivity index (χ0n) is 23.8. The van der Waals surface area contributed by atoms with Gasteiger partial charge in [-0.3, -0.25) is 0 Å². The molecule has 0 N–H and O–H groups in total. The largest absolute Gasteiger partial charge is 0.453 e. The number of carbonyl (C=O) groups is 1. The summed E-state index contributed by atoms with van der Waals surface area (Å²) in [6.07, 6.45) is 11.5. The normalized spacial score (nSPS) is 27.8. The monoisotopic (exact) mass is 525 g/mol. The Kier molecular flexibility index (Phi) is 10.6. The topological polar surface area (TPSA) is 65.8 Å². The molecular weight excluding hydrogens is 478 g/mol. The van der Waals surface area contributed by atoms with E-state index in [4.69, 9.17) is 19.3 Å². The molecule has 1 aromatic carbocycles. The van der Waals surface area contributed by atoms with Crippen LogP contribution in [0.4, 0.5) is 4.79 Å². The molecule has 1 amide bonds. The van der Waals surface area contributed by atoms with Crippen molar-refractivity contribution in [1.82, 2.24) is 14.7 Å². The number of methoxy groups -OCH3 is 1. The maximum Gasteiger partial charge on any atom is 0.409 e. The predicted octanol–water partition coefficient (Wildman–Crippen LogP) is 6.97. The Morgan fingerprint density at radius 3 is 2.47 bits per heavy atom. The highest BCUT2D eigenvalue weighted by Gasteiger charge is 2.40. The molecule has 7 heteroatoms. The van der Waals surface area contributed by atoms with Crippen LogP contribution >= 0.6 is 0 Å². The van der Waals surface area contributed by atoms with Crippen LogP contribution in [0, 0.1) is 6.92 Å². The molecule has 210 valence electrons. The molecule has 2 aromatic rings. The van der Waals surface area contributed by atoms with Gasteiger partial charge in [-0.1, -0.05) is 44.2 Å². The molecule has 1 saturated carbocycles. The van der Waals surface area contributed by atoms with E-state index in [1.54, 1.807) is 0 Å². The first-order chi connectivity index (χ1) is 18.7. The van der Waals surface area contributed by atoms with Gasteiger partial charge in [0.25, 0.3) is 0 Å². The van der Waals surface area contributed by atoms with E-state index in [9.17, 15) is 4.79 Å². The Hall–Kier alpha value is -2.38. The molecule has 5 rings (SSSR count). The number of ether oxygens (including phenoxy) is 3. The number of amides is 1. The summed E-state index contributed by atoms with van der Waals surface area (Å²) in [5.41, 5.74) is 3.79. The van der Waals surface area contributed by atoms with Crippen LogP contribution < -0.4 is 0 Å². The van der Waals surface area contributed by atoms with Crippen molar-refractivity contribution in [2.45, 2.75) is 109 Å². The van der Waals surface area contributed by atoms with E-state index in [0.29, 0.717) is 19.1 Å². The summed E-state index contributed by atoms with van der Waals surface area (Å²) in [4.78, 5) is 14.7. The summed E-state index contributed by atoms with van der Waals surface area (Å²) >= 11 is 0. The SMILES string of the molecule is CC.COC(=O)N1CCCC(c2c(C)cnn2C2CCCCO2)C1COC1CCC(c2ccccc2)CC1. The molecule has 38 heavy (non-hydrogen) atoms. The van der Waals surface area contributed by atoms with Crippen molar-refractivity contribution in [3.8, 4) is 0 Å². The number of hydrogen-bond donors (Lipinski definition) is 0.